The summed E-state index contributed by atoms with van der Waals surface area (Å²) >= 11 is 3.54. The van der Waals surface area contributed by atoms with Gasteiger partial charge in [0.25, 0.3) is 0 Å². The lowest BCUT2D eigenvalue weighted by Gasteiger charge is -2.16. The zero-order valence-corrected chi connectivity index (χ0v) is 23.9. The van der Waals surface area contributed by atoms with Crippen LogP contribution < -0.4 is 18.9 Å². The smallest absolute Gasteiger partial charge is 0.132 e. The molecule has 0 aliphatic carbocycles. The number of thiophene rings is 2. The topological polar surface area (TPSA) is 36.9 Å². The fourth-order valence-corrected chi connectivity index (χ4v) is 6.79. The van der Waals surface area contributed by atoms with Gasteiger partial charge in [0, 0.05) is 19.5 Å². The van der Waals surface area contributed by atoms with Gasteiger partial charge in [-0.15, -0.1) is 22.7 Å². The van der Waals surface area contributed by atoms with Crippen LogP contribution in [0.5, 0.6) is 23.0 Å². The Kier molecular flexibility index (Phi) is 7.96. The second kappa shape index (κ2) is 11.0. The van der Waals surface area contributed by atoms with Crippen LogP contribution in [0.15, 0.2) is 48.5 Å². The predicted octanol–water partition coefficient (Wildman–Crippen LogP) is 9.02. The minimum atomic E-state index is 0.0691. The van der Waals surface area contributed by atoms with Gasteiger partial charge in [0.2, 0.25) is 0 Å². The minimum Gasteiger partial charge on any atom is -0.496 e. The van der Waals surface area contributed by atoms with Crippen molar-refractivity contribution in [1.29, 1.82) is 0 Å². The molecule has 2 heterocycles. The van der Waals surface area contributed by atoms with Crippen LogP contribution in [0.3, 0.4) is 0 Å². The molecule has 2 aromatic heterocycles. The summed E-state index contributed by atoms with van der Waals surface area (Å²) in [7, 11) is 3.42. The molecular weight excluding hydrogens is 488 g/mol. The Balaban J connectivity index is 1.82. The number of hydrogen-bond acceptors (Lipinski definition) is 6. The van der Waals surface area contributed by atoms with E-state index >= 15 is 0 Å². The molecule has 0 N–H and O–H groups in total. The van der Waals surface area contributed by atoms with E-state index in [0.29, 0.717) is 0 Å². The lowest BCUT2D eigenvalue weighted by atomic mass is 10.0. The zero-order chi connectivity index (χ0) is 26.0. The van der Waals surface area contributed by atoms with E-state index in [4.69, 9.17) is 18.9 Å². The largest absolute Gasteiger partial charge is 0.496 e. The molecule has 0 atom stereocenters. The van der Waals surface area contributed by atoms with Crippen LogP contribution in [0, 0.1) is 13.8 Å². The Hall–Kier alpha value is -2.96. The predicted molar refractivity (Wildman–Crippen MR) is 153 cm³/mol. The molecule has 4 aromatic rings. The van der Waals surface area contributed by atoms with Gasteiger partial charge in [-0.1, -0.05) is 12.1 Å². The number of methoxy groups -OCH3 is 2. The minimum absolute atomic E-state index is 0.0691. The fourth-order valence-electron chi connectivity index (χ4n) is 4.20. The molecule has 0 radical (unpaired) electrons. The summed E-state index contributed by atoms with van der Waals surface area (Å²) < 4.78 is 23.8. The van der Waals surface area contributed by atoms with Gasteiger partial charge >= 0.3 is 0 Å². The van der Waals surface area contributed by atoms with Crippen LogP contribution in [0.4, 0.5) is 0 Å². The standard InChI is InChI=1S/C30H34O4S2/c1-17(2)33-23-13-9-11-21(31-7)27(23)25-15-16-26(35-25)29-19(5)20(6)30(36-29)28-22(32-8)12-10-14-24(28)34-18(3)4/h9-18H,1-8H3. The monoisotopic (exact) mass is 522 g/mol. The van der Waals surface area contributed by atoms with Crippen molar-refractivity contribution in [2.24, 2.45) is 0 Å². The summed E-state index contributed by atoms with van der Waals surface area (Å²) in [6, 6.07) is 16.3. The molecule has 4 rings (SSSR count). The Morgan fingerprint density at radius 2 is 1.03 bits per heavy atom. The average molecular weight is 523 g/mol. The molecule has 0 saturated carbocycles. The number of rotatable bonds is 9. The molecule has 0 unspecified atom stereocenters. The Morgan fingerprint density at radius 1 is 0.556 bits per heavy atom. The molecule has 36 heavy (non-hydrogen) atoms. The van der Waals surface area contributed by atoms with E-state index < -0.39 is 0 Å². The Bertz CT molecular complexity index is 1350. The molecule has 0 bridgehead atoms. The third-order valence-electron chi connectivity index (χ3n) is 5.89. The van der Waals surface area contributed by atoms with Gasteiger partial charge in [0.1, 0.15) is 23.0 Å². The molecule has 0 aliphatic rings. The lowest BCUT2D eigenvalue weighted by molar-refractivity contribution is 0.242. The van der Waals surface area contributed by atoms with Crippen LogP contribution in [0.25, 0.3) is 30.6 Å². The maximum atomic E-state index is 6.19. The van der Waals surface area contributed by atoms with Crippen LogP contribution >= 0.6 is 22.7 Å². The summed E-state index contributed by atoms with van der Waals surface area (Å²) in [6.07, 6.45) is 0.141. The molecule has 0 amide bonds. The molecule has 0 aliphatic heterocycles. The summed E-state index contributed by atoms with van der Waals surface area (Å²) in [4.78, 5) is 4.75. The van der Waals surface area contributed by atoms with Gasteiger partial charge < -0.3 is 18.9 Å². The first-order valence-corrected chi connectivity index (χ1v) is 13.8. The van der Waals surface area contributed by atoms with Crippen molar-refractivity contribution in [3.63, 3.8) is 0 Å². The van der Waals surface area contributed by atoms with Crippen molar-refractivity contribution < 1.29 is 18.9 Å². The van der Waals surface area contributed by atoms with Gasteiger partial charge in [0.15, 0.2) is 0 Å². The Labute approximate surface area is 222 Å². The van der Waals surface area contributed by atoms with Crippen LogP contribution in [0.2, 0.25) is 0 Å². The first kappa shape index (κ1) is 26.1. The molecule has 0 saturated heterocycles. The van der Waals surface area contributed by atoms with E-state index in [1.165, 1.54) is 25.8 Å². The van der Waals surface area contributed by atoms with E-state index in [2.05, 4.69) is 26.0 Å². The lowest BCUT2D eigenvalue weighted by Crippen LogP contribution is -2.07. The van der Waals surface area contributed by atoms with Crippen molar-refractivity contribution in [2.75, 3.05) is 14.2 Å². The van der Waals surface area contributed by atoms with Gasteiger partial charge in [-0.05, 0) is 89.1 Å². The summed E-state index contributed by atoms with van der Waals surface area (Å²) in [5.74, 6) is 3.31. The number of ether oxygens (including phenoxy) is 4. The first-order valence-electron chi connectivity index (χ1n) is 12.1. The number of benzene rings is 2. The van der Waals surface area contributed by atoms with E-state index in [0.717, 1.165) is 39.0 Å². The van der Waals surface area contributed by atoms with Gasteiger partial charge in [-0.25, -0.2) is 0 Å². The molecule has 4 nitrogen and oxygen atoms in total. The second-order valence-corrected chi connectivity index (χ2v) is 11.3. The summed E-state index contributed by atoms with van der Waals surface area (Å²) in [5.41, 5.74) is 4.51. The van der Waals surface area contributed by atoms with E-state index in [1.54, 1.807) is 36.9 Å². The molecule has 6 heteroatoms. The molecule has 0 fully saturated rings. The van der Waals surface area contributed by atoms with Crippen LogP contribution in [0.1, 0.15) is 38.8 Å². The number of hydrogen-bond donors (Lipinski definition) is 0. The van der Waals surface area contributed by atoms with Crippen molar-refractivity contribution in [1.82, 2.24) is 0 Å². The quantitative estimate of drug-likeness (QED) is 0.220. The summed E-state index contributed by atoms with van der Waals surface area (Å²) in [5, 5.41) is 0. The van der Waals surface area contributed by atoms with Gasteiger partial charge in [-0.2, -0.15) is 0 Å². The highest BCUT2D eigenvalue weighted by molar-refractivity contribution is 7.25. The van der Waals surface area contributed by atoms with Crippen LogP contribution in [-0.2, 0) is 0 Å². The highest BCUT2D eigenvalue weighted by atomic mass is 32.1. The molecule has 2 aromatic carbocycles. The van der Waals surface area contributed by atoms with Crippen molar-refractivity contribution in [3.8, 4) is 53.6 Å². The zero-order valence-electron chi connectivity index (χ0n) is 22.2. The molecular formula is C30H34O4S2. The van der Waals surface area contributed by atoms with Crippen molar-refractivity contribution in [2.45, 2.75) is 53.8 Å². The highest BCUT2D eigenvalue weighted by Gasteiger charge is 2.23. The van der Waals surface area contributed by atoms with E-state index in [1.807, 2.05) is 64.1 Å². The fraction of sp³-hybridized carbons (Fsp3) is 0.333. The van der Waals surface area contributed by atoms with E-state index in [9.17, 15) is 0 Å². The third-order valence-corrected chi connectivity index (χ3v) is 8.59. The third kappa shape index (κ3) is 5.11. The van der Waals surface area contributed by atoms with Gasteiger partial charge in [-0.3, -0.25) is 0 Å². The Morgan fingerprint density at radius 3 is 1.58 bits per heavy atom. The normalized spacial score (nSPS) is 11.3. The maximum absolute atomic E-state index is 6.19. The molecule has 0 spiro atoms. The SMILES string of the molecule is COc1cccc(OC(C)C)c1-c1ccc(-c2sc(-c3c(OC)cccc3OC(C)C)c(C)c2C)s1. The highest BCUT2D eigenvalue weighted by Crippen LogP contribution is 2.51. The van der Waals surface area contributed by atoms with E-state index in [-0.39, 0.29) is 12.2 Å². The summed E-state index contributed by atoms with van der Waals surface area (Å²) in [6.45, 7) is 12.5. The maximum Gasteiger partial charge on any atom is 0.132 e. The van der Waals surface area contributed by atoms with Gasteiger partial charge in [0.05, 0.1) is 37.6 Å². The second-order valence-electron chi connectivity index (χ2n) is 9.17. The molecule has 190 valence electrons. The van der Waals surface area contributed by atoms with Crippen LogP contribution in [-0.4, -0.2) is 26.4 Å². The first-order chi connectivity index (χ1) is 17.2. The van der Waals surface area contributed by atoms with Crippen molar-refractivity contribution in [3.05, 3.63) is 59.7 Å². The average Bonchev–Trinajstić information content (AvgIpc) is 3.43. The van der Waals surface area contributed by atoms with Crippen molar-refractivity contribution >= 4 is 22.7 Å².